The van der Waals surface area contributed by atoms with E-state index in [0.717, 1.165) is 13.0 Å². The Morgan fingerprint density at radius 2 is 2.45 bits per heavy atom. The van der Waals surface area contributed by atoms with Crippen molar-refractivity contribution in [2.75, 3.05) is 13.1 Å². The van der Waals surface area contributed by atoms with Crippen LogP contribution >= 0.6 is 0 Å². The van der Waals surface area contributed by atoms with Crippen molar-refractivity contribution < 1.29 is 9.18 Å². The third-order valence-electron chi connectivity index (χ3n) is 3.03. The van der Waals surface area contributed by atoms with Gasteiger partial charge in [0.1, 0.15) is 12.0 Å². The fourth-order valence-electron chi connectivity index (χ4n) is 2.25. The predicted octanol–water partition coefficient (Wildman–Crippen LogP) is 0.762. The molecular formula is C8H12FNO. The van der Waals surface area contributed by atoms with Crippen LogP contribution in [0.5, 0.6) is 0 Å². The molecule has 0 aromatic heterocycles. The van der Waals surface area contributed by atoms with Crippen LogP contribution in [0.2, 0.25) is 0 Å². The molecule has 0 aromatic rings. The van der Waals surface area contributed by atoms with E-state index in [0.29, 0.717) is 13.0 Å². The number of halogens is 1. The minimum Gasteiger partial charge on any atom is -0.298 e. The molecule has 0 N–H and O–H groups in total. The van der Waals surface area contributed by atoms with Gasteiger partial charge in [0.25, 0.3) is 0 Å². The van der Waals surface area contributed by atoms with Crippen LogP contribution in [0.4, 0.5) is 4.39 Å². The Bertz CT molecular complexity index is 206. The summed E-state index contributed by atoms with van der Waals surface area (Å²) in [6, 6.07) is 0. The van der Waals surface area contributed by atoms with Crippen molar-refractivity contribution in [3.63, 3.8) is 0 Å². The second-order valence-corrected chi connectivity index (χ2v) is 3.59. The highest BCUT2D eigenvalue weighted by Crippen LogP contribution is 2.42. The van der Waals surface area contributed by atoms with Crippen LogP contribution in [0, 0.1) is 0 Å². The summed E-state index contributed by atoms with van der Waals surface area (Å²) in [5.74, 6) is 0.143. The number of Topliss-reactive ketones (excluding diaryl/α,β-unsaturated/α-hetero) is 1. The smallest absolute Gasteiger partial charge is 0.150 e. The Morgan fingerprint density at radius 3 is 2.73 bits per heavy atom. The van der Waals surface area contributed by atoms with Crippen molar-refractivity contribution in [1.82, 2.24) is 4.90 Å². The van der Waals surface area contributed by atoms with Crippen LogP contribution in [0.25, 0.3) is 0 Å². The molecule has 2 nitrogen and oxygen atoms in total. The minimum absolute atomic E-state index is 0.143. The lowest BCUT2D eigenvalue weighted by Crippen LogP contribution is -2.59. The van der Waals surface area contributed by atoms with Crippen molar-refractivity contribution in [2.45, 2.75) is 31.5 Å². The molecule has 2 saturated heterocycles. The number of ketones is 1. The Morgan fingerprint density at radius 1 is 1.73 bits per heavy atom. The molecule has 11 heavy (non-hydrogen) atoms. The average Bonchev–Trinajstić information content (AvgIpc) is 2.11. The van der Waals surface area contributed by atoms with Gasteiger partial charge in [-0.25, -0.2) is 4.39 Å². The molecule has 2 atom stereocenters. The number of nitrogens with zero attached hydrogens (tertiary/aromatic N) is 1. The first-order chi connectivity index (χ1) is 5.15. The monoisotopic (exact) mass is 157 g/mol. The van der Waals surface area contributed by atoms with Gasteiger partial charge >= 0.3 is 0 Å². The average molecular weight is 157 g/mol. The van der Waals surface area contributed by atoms with Crippen LogP contribution < -0.4 is 0 Å². The van der Waals surface area contributed by atoms with E-state index < -0.39 is 6.17 Å². The largest absolute Gasteiger partial charge is 0.298 e. The molecule has 0 amide bonds. The standard InChI is InChI=1S/C8H12FNO/c1-6(11)8-2-3-10(8)5-7(9)4-8/h7H,2-5H2,1H3. The van der Waals surface area contributed by atoms with E-state index >= 15 is 0 Å². The summed E-state index contributed by atoms with van der Waals surface area (Å²) in [6.45, 7) is 2.95. The molecule has 2 rings (SSSR count). The molecule has 2 fully saturated rings. The summed E-state index contributed by atoms with van der Waals surface area (Å²) in [7, 11) is 0. The Hall–Kier alpha value is -0.440. The molecule has 2 aliphatic heterocycles. The van der Waals surface area contributed by atoms with E-state index in [4.69, 9.17) is 0 Å². The third kappa shape index (κ3) is 0.775. The van der Waals surface area contributed by atoms with E-state index in [1.165, 1.54) is 0 Å². The highest BCUT2D eigenvalue weighted by atomic mass is 19.1. The van der Waals surface area contributed by atoms with E-state index in [9.17, 15) is 9.18 Å². The van der Waals surface area contributed by atoms with Crippen molar-refractivity contribution in [3.05, 3.63) is 0 Å². The van der Waals surface area contributed by atoms with Gasteiger partial charge < -0.3 is 0 Å². The van der Waals surface area contributed by atoms with Crippen molar-refractivity contribution in [1.29, 1.82) is 0 Å². The Balaban J connectivity index is 2.20. The highest BCUT2D eigenvalue weighted by molar-refractivity contribution is 5.87. The molecule has 3 heteroatoms. The van der Waals surface area contributed by atoms with Crippen LogP contribution in [0.15, 0.2) is 0 Å². The Kier molecular flexibility index (Phi) is 1.34. The lowest BCUT2D eigenvalue weighted by atomic mass is 9.81. The summed E-state index contributed by atoms with van der Waals surface area (Å²) < 4.78 is 12.9. The normalized spacial score (nSPS) is 43.3. The van der Waals surface area contributed by atoms with Gasteiger partial charge in [0.2, 0.25) is 0 Å². The Labute approximate surface area is 65.4 Å². The van der Waals surface area contributed by atoms with Gasteiger partial charge in [-0.3, -0.25) is 9.69 Å². The number of carbonyl (C=O) groups is 1. The van der Waals surface area contributed by atoms with Crippen molar-refractivity contribution >= 4 is 5.78 Å². The lowest BCUT2D eigenvalue weighted by molar-refractivity contribution is -0.134. The molecular weight excluding hydrogens is 145 g/mol. The number of fused-ring (bicyclic) bond motifs is 1. The molecule has 62 valence electrons. The van der Waals surface area contributed by atoms with Gasteiger partial charge in [0, 0.05) is 19.5 Å². The fraction of sp³-hybridized carbons (Fsp3) is 0.875. The first-order valence-corrected chi connectivity index (χ1v) is 4.05. The van der Waals surface area contributed by atoms with Gasteiger partial charge in [-0.15, -0.1) is 0 Å². The first-order valence-electron chi connectivity index (χ1n) is 4.05. The lowest BCUT2D eigenvalue weighted by Gasteiger charge is -2.45. The second-order valence-electron chi connectivity index (χ2n) is 3.59. The quantitative estimate of drug-likeness (QED) is 0.560. The fourth-order valence-corrected chi connectivity index (χ4v) is 2.25. The minimum atomic E-state index is -0.776. The second kappa shape index (κ2) is 2.03. The molecule has 0 saturated carbocycles. The molecule has 2 heterocycles. The molecule has 0 aromatic carbocycles. The first kappa shape index (κ1) is 7.22. The van der Waals surface area contributed by atoms with E-state index in [2.05, 4.69) is 0 Å². The molecule has 2 aliphatic rings. The maximum Gasteiger partial charge on any atom is 0.150 e. The van der Waals surface area contributed by atoms with Crippen LogP contribution in [0.3, 0.4) is 0 Å². The molecule has 0 spiro atoms. The van der Waals surface area contributed by atoms with Gasteiger partial charge in [0.15, 0.2) is 0 Å². The summed E-state index contributed by atoms with van der Waals surface area (Å²) in [5.41, 5.74) is -0.376. The SMILES string of the molecule is CC(=O)C12CCN1CC(F)C2. The van der Waals surface area contributed by atoms with Gasteiger partial charge in [-0.2, -0.15) is 0 Å². The van der Waals surface area contributed by atoms with E-state index in [-0.39, 0.29) is 11.3 Å². The molecule has 0 radical (unpaired) electrons. The molecule has 0 bridgehead atoms. The van der Waals surface area contributed by atoms with Gasteiger partial charge in [-0.05, 0) is 13.3 Å². The number of rotatable bonds is 1. The number of hydrogen-bond acceptors (Lipinski definition) is 2. The molecule has 0 aliphatic carbocycles. The highest BCUT2D eigenvalue weighted by Gasteiger charge is 2.55. The van der Waals surface area contributed by atoms with Crippen molar-refractivity contribution in [3.8, 4) is 0 Å². The van der Waals surface area contributed by atoms with Gasteiger partial charge in [-0.1, -0.05) is 0 Å². The third-order valence-corrected chi connectivity index (χ3v) is 3.03. The summed E-state index contributed by atoms with van der Waals surface area (Å²) in [5, 5.41) is 0. The zero-order valence-electron chi connectivity index (χ0n) is 6.64. The predicted molar refractivity (Wildman–Crippen MR) is 39.1 cm³/mol. The zero-order chi connectivity index (χ0) is 8.06. The number of hydrogen-bond donors (Lipinski definition) is 0. The number of carbonyl (C=O) groups excluding carboxylic acids is 1. The number of alkyl halides is 1. The molecule has 2 unspecified atom stereocenters. The van der Waals surface area contributed by atoms with Crippen LogP contribution in [-0.2, 0) is 4.79 Å². The van der Waals surface area contributed by atoms with Crippen molar-refractivity contribution in [2.24, 2.45) is 0 Å². The summed E-state index contributed by atoms with van der Waals surface area (Å²) in [4.78, 5) is 13.1. The topological polar surface area (TPSA) is 20.3 Å². The summed E-state index contributed by atoms with van der Waals surface area (Å²) in [6.07, 6.45) is 0.520. The van der Waals surface area contributed by atoms with Crippen LogP contribution in [0.1, 0.15) is 19.8 Å². The maximum absolute atomic E-state index is 12.9. The van der Waals surface area contributed by atoms with Gasteiger partial charge in [0.05, 0.1) is 5.54 Å². The van der Waals surface area contributed by atoms with E-state index in [1.54, 1.807) is 6.92 Å². The van der Waals surface area contributed by atoms with E-state index in [1.807, 2.05) is 4.90 Å². The van der Waals surface area contributed by atoms with Crippen LogP contribution in [-0.4, -0.2) is 35.5 Å². The zero-order valence-corrected chi connectivity index (χ0v) is 6.64. The maximum atomic E-state index is 12.9. The summed E-state index contributed by atoms with van der Waals surface area (Å²) >= 11 is 0.